The molecule has 0 radical (unpaired) electrons. The number of hydrogen-bond acceptors (Lipinski definition) is 4. The van der Waals surface area contributed by atoms with E-state index in [4.69, 9.17) is 0 Å². The Morgan fingerprint density at radius 1 is 0.951 bits per heavy atom. The van der Waals surface area contributed by atoms with Crippen LogP contribution in [0.4, 0.5) is 0 Å². The Balaban J connectivity index is 0.00000588. The summed E-state index contributed by atoms with van der Waals surface area (Å²) < 4.78 is 0. The summed E-state index contributed by atoms with van der Waals surface area (Å²) in [4.78, 5) is 28.7. The predicted octanol–water partition coefficient (Wildman–Crippen LogP) is 6.46. The highest BCUT2D eigenvalue weighted by Gasteiger charge is 2.27. The van der Waals surface area contributed by atoms with E-state index in [-0.39, 0.29) is 30.3 Å². The van der Waals surface area contributed by atoms with Crippen molar-refractivity contribution in [2.45, 2.75) is 104 Å². The van der Waals surface area contributed by atoms with E-state index in [1.165, 1.54) is 30.4 Å². The molecule has 6 nitrogen and oxygen atoms in total. The van der Waals surface area contributed by atoms with Gasteiger partial charge in [0.25, 0.3) is 11.8 Å². The Morgan fingerprint density at radius 3 is 2.27 bits per heavy atom. The van der Waals surface area contributed by atoms with Crippen LogP contribution in [0.2, 0.25) is 0 Å². The number of nitrogens with zero attached hydrogens (tertiary/aromatic N) is 1. The third-order valence-corrected chi connectivity index (χ3v) is 8.04. The fraction of sp³-hybridized carbons (Fsp3) is 0.588. The number of nitrogens with one attached hydrogen (secondary N) is 2. The van der Waals surface area contributed by atoms with Crippen LogP contribution < -0.4 is 10.6 Å². The van der Waals surface area contributed by atoms with Crippen molar-refractivity contribution in [3.8, 4) is 0 Å². The lowest BCUT2D eigenvalue weighted by molar-refractivity contribution is 0.0755. The van der Waals surface area contributed by atoms with Gasteiger partial charge in [-0.05, 0) is 73.4 Å². The second kappa shape index (κ2) is 18.2. The molecule has 0 bridgehead atoms. The molecule has 0 heterocycles. The highest BCUT2D eigenvalue weighted by molar-refractivity contribution is 6.00. The monoisotopic (exact) mass is 585 g/mol. The molecule has 0 aliphatic heterocycles. The molecule has 1 aliphatic carbocycles. The lowest BCUT2D eigenvalue weighted by atomic mass is 9.83. The van der Waals surface area contributed by atoms with Crippen molar-refractivity contribution in [3.05, 3.63) is 70.3 Å². The second-order valence-corrected chi connectivity index (χ2v) is 11.6. The molecule has 0 aromatic heterocycles. The summed E-state index contributed by atoms with van der Waals surface area (Å²) in [6.07, 6.45) is 8.80. The van der Waals surface area contributed by atoms with Gasteiger partial charge < -0.3 is 20.6 Å². The number of aliphatic hydroxyl groups is 1. The quantitative estimate of drug-likeness (QED) is 0.224. The molecule has 3 rings (SSSR count). The van der Waals surface area contributed by atoms with Crippen LogP contribution in [-0.2, 0) is 13.0 Å². The van der Waals surface area contributed by atoms with Crippen molar-refractivity contribution in [3.63, 3.8) is 0 Å². The van der Waals surface area contributed by atoms with Crippen LogP contribution in [0.3, 0.4) is 0 Å². The number of halogens is 1. The minimum absolute atomic E-state index is 0. The van der Waals surface area contributed by atoms with Gasteiger partial charge >= 0.3 is 0 Å². The smallest absolute Gasteiger partial charge is 0.253 e. The first-order valence-corrected chi connectivity index (χ1v) is 15.5. The number of amides is 2. The maximum atomic E-state index is 13.5. The summed E-state index contributed by atoms with van der Waals surface area (Å²) >= 11 is 0. The van der Waals surface area contributed by atoms with Gasteiger partial charge in [-0.25, -0.2) is 0 Å². The maximum Gasteiger partial charge on any atom is 0.253 e. The molecule has 1 saturated carbocycles. The van der Waals surface area contributed by atoms with Gasteiger partial charge in [-0.2, -0.15) is 0 Å². The number of rotatable bonds is 15. The Hall–Kier alpha value is -2.41. The number of hydrogen-bond donors (Lipinski definition) is 3. The fourth-order valence-electron chi connectivity index (χ4n) is 5.89. The number of aliphatic hydroxyl groups excluding tert-OH is 1. The summed E-state index contributed by atoms with van der Waals surface area (Å²) in [5.74, 6) is 0.239. The Kier molecular flexibility index (Phi) is 15.4. The van der Waals surface area contributed by atoms with Crippen LogP contribution in [0.15, 0.2) is 42.5 Å². The molecule has 2 atom stereocenters. The van der Waals surface area contributed by atoms with Gasteiger partial charge in [-0.3, -0.25) is 9.59 Å². The molecule has 41 heavy (non-hydrogen) atoms. The number of benzene rings is 2. The summed E-state index contributed by atoms with van der Waals surface area (Å²) in [6, 6.07) is 13.5. The SMILES string of the molecule is CCCN(CCC)C(=O)c1cc(C)cc(C(=O)N[C@@H](CC2CCCCC2)[C@H](O)CNCc2cccc(CC)c2)c1.Cl. The van der Waals surface area contributed by atoms with E-state index in [1.54, 1.807) is 6.07 Å². The maximum absolute atomic E-state index is 13.5. The van der Waals surface area contributed by atoms with E-state index < -0.39 is 6.10 Å². The Morgan fingerprint density at radius 2 is 1.61 bits per heavy atom. The average Bonchev–Trinajstić information content (AvgIpc) is 2.96. The van der Waals surface area contributed by atoms with Gasteiger partial charge in [0.1, 0.15) is 0 Å². The summed E-state index contributed by atoms with van der Waals surface area (Å²) in [5, 5.41) is 17.8. The number of carbonyl (C=O) groups is 2. The molecule has 0 spiro atoms. The summed E-state index contributed by atoms with van der Waals surface area (Å²) in [7, 11) is 0. The van der Waals surface area contributed by atoms with Crippen molar-refractivity contribution in [1.82, 2.24) is 15.5 Å². The highest BCUT2D eigenvalue weighted by atomic mass is 35.5. The first-order chi connectivity index (χ1) is 19.3. The van der Waals surface area contributed by atoms with Crippen LogP contribution in [0, 0.1) is 12.8 Å². The lowest BCUT2D eigenvalue weighted by Crippen LogP contribution is -2.48. The van der Waals surface area contributed by atoms with E-state index in [9.17, 15) is 14.7 Å². The zero-order valence-corrected chi connectivity index (χ0v) is 26.4. The molecule has 228 valence electrons. The van der Waals surface area contributed by atoms with Gasteiger partial charge in [0.05, 0.1) is 12.1 Å². The Labute approximate surface area is 254 Å². The molecule has 0 saturated heterocycles. The third kappa shape index (κ3) is 11.1. The standard InChI is InChI=1S/C34H51N3O3.ClH/c1-5-16-37(17-6-2)34(40)30-19-25(4)18-29(22-30)33(39)36-31(21-27-12-9-8-10-13-27)32(38)24-35-23-28-15-11-14-26(7-3)20-28;/h11,14-15,18-20,22,27,31-32,35,38H,5-10,12-13,16-17,21,23-24H2,1-4H3,(H,36,39);1H/t31-,32+;/m0./s1. The van der Waals surface area contributed by atoms with Crippen molar-refractivity contribution in [2.24, 2.45) is 5.92 Å². The molecule has 1 aliphatic rings. The largest absolute Gasteiger partial charge is 0.390 e. The van der Waals surface area contributed by atoms with Gasteiger partial charge in [-0.15, -0.1) is 12.4 Å². The van der Waals surface area contributed by atoms with Gasteiger partial charge in [0, 0.05) is 37.3 Å². The average molecular weight is 586 g/mol. The molecule has 2 aromatic carbocycles. The van der Waals surface area contributed by atoms with Crippen LogP contribution in [-0.4, -0.2) is 53.6 Å². The molecule has 2 aromatic rings. The van der Waals surface area contributed by atoms with E-state index >= 15 is 0 Å². The molecule has 2 amide bonds. The van der Waals surface area contributed by atoms with Gasteiger partial charge in [-0.1, -0.05) is 77.1 Å². The van der Waals surface area contributed by atoms with E-state index in [0.717, 1.165) is 44.1 Å². The Bertz CT molecular complexity index is 1080. The topological polar surface area (TPSA) is 81.7 Å². The number of carbonyl (C=O) groups excluding carboxylic acids is 2. The fourth-order valence-corrected chi connectivity index (χ4v) is 5.89. The van der Waals surface area contributed by atoms with Gasteiger partial charge in [0.2, 0.25) is 0 Å². The van der Waals surface area contributed by atoms with Crippen LogP contribution in [0.1, 0.15) is 110 Å². The summed E-state index contributed by atoms with van der Waals surface area (Å²) in [6.45, 7) is 10.7. The van der Waals surface area contributed by atoms with Crippen molar-refractivity contribution < 1.29 is 14.7 Å². The van der Waals surface area contributed by atoms with E-state index in [0.29, 0.717) is 43.2 Å². The minimum Gasteiger partial charge on any atom is -0.390 e. The van der Waals surface area contributed by atoms with Gasteiger partial charge in [0.15, 0.2) is 0 Å². The molecular formula is C34H52ClN3O3. The first-order valence-electron chi connectivity index (χ1n) is 15.5. The normalized spacial score (nSPS) is 15.0. The first kappa shape index (κ1) is 34.8. The lowest BCUT2D eigenvalue weighted by Gasteiger charge is -2.30. The highest BCUT2D eigenvalue weighted by Crippen LogP contribution is 2.28. The molecule has 7 heteroatoms. The zero-order chi connectivity index (χ0) is 28.9. The van der Waals surface area contributed by atoms with Crippen LogP contribution >= 0.6 is 12.4 Å². The summed E-state index contributed by atoms with van der Waals surface area (Å²) in [5.41, 5.74) is 4.39. The molecule has 0 unspecified atom stereocenters. The molecular weight excluding hydrogens is 534 g/mol. The third-order valence-electron chi connectivity index (χ3n) is 8.04. The molecule has 3 N–H and O–H groups in total. The molecule has 1 fully saturated rings. The van der Waals surface area contributed by atoms with Crippen molar-refractivity contribution >= 4 is 24.2 Å². The minimum atomic E-state index is -0.712. The van der Waals surface area contributed by atoms with E-state index in [2.05, 4.69) is 55.7 Å². The second-order valence-electron chi connectivity index (χ2n) is 11.6. The number of aryl methyl sites for hydroxylation is 2. The van der Waals surface area contributed by atoms with Crippen LogP contribution in [0.5, 0.6) is 0 Å². The van der Waals surface area contributed by atoms with Crippen LogP contribution in [0.25, 0.3) is 0 Å². The van der Waals surface area contributed by atoms with E-state index in [1.807, 2.05) is 24.0 Å². The zero-order valence-electron chi connectivity index (χ0n) is 25.6. The van der Waals surface area contributed by atoms with Crippen molar-refractivity contribution in [2.75, 3.05) is 19.6 Å². The predicted molar refractivity (Wildman–Crippen MR) is 171 cm³/mol. The van der Waals surface area contributed by atoms with Crippen molar-refractivity contribution in [1.29, 1.82) is 0 Å².